The Bertz CT molecular complexity index is 428. The van der Waals surface area contributed by atoms with Gasteiger partial charge in [-0.15, -0.1) is 0 Å². The van der Waals surface area contributed by atoms with E-state index in [2.05, 4.69) is 43.0 Å². The maximum Gasteiger partial charge on any atom is 0.148 e. The van der Waals surface area contributed by atoms with Crippen molar-refractivity contribution in [3.05, 3.63) is 10.8 Å². The van der Waals surface area contributed by atoms with Gasteiger partial charge >= 0.3 is 0 Å². The molecule has 0 aliphatic carbocycles. The molecule has 6 heteroatoms. The average molecular weight is 343 g/mol. The molecule has 1 aliphatic heterocycles. The summed E-state index contributed by atoms with van der Waals surface area (Å²) < 4.78 is 0.929. The molecule has 2 N–H and O–H groups in total. The molecule has 2 heterocycles. The third kappa shape index (κ3) is 3.61. The fourth-order valence-corrected chi connectivity index (χ4v) is 3.23. The Balaban J connectivity index is 2.21. The largest absolute Gasteiger partial charge is 0.396 e. The second-order valence-electron chi connectivity index (χ2n) is 5.14. The van der Waals surface area contributed by atoms with Crippen LogP contribution < -0.4 is 10.2 Å². The normalized spacial score (nSPS) is 19.1. The van der Waals surface area contributed by atoms with Crippen LogP contribution in [0.2, 0.25) is 0 Å². The van der Waals surface area contributed by atoms with E-state index in [1.54, 1.807) is 6.33 Å². The van der Waals surface area contributed by atoms with Gasteiger partial charge in [-0.3, -0.25) is 0 Å². The molecule has 20 heavy (non-hydrogen) atoms. The topological polar surface area (TPSA) is 61.3 Å². The third-order valence-electron chi connectivity index (χ3n) is 3.68. The number of hydrogen-bond donors (Lipinski definition) is 2. The number of aliphatic hydroxyl groups excluding tert-OH is 1. The number of halogens is 1. The zero-order valence-corrected chi connectivity index (χ0v) is 13.6. The smallest absolute Gasteiger partial charge is 0.148 e. The maximum absolute atomic E-state index is 9.24. The minimum atomic E-state index is 0.227. The van der Waals surface area contributed by atoms with E-state index in [9.17, 15) is 5.11 Å². The van der Waals surface area contributed by atoms with E-state index in [-0.39, 0.29) is 6.61 Å². The van der Waals surface area contributed by atoms with Gasteiger partial charge in [-0.25, -0.2) is 9.97 Å². The van der Waals surface area contributed by atoms with Gasteiger partial charge in [-0.1, -0.05) is 6.92 Å². The van der Waals surface area contributed by atoms with E-state index >= 15 is 0 Å². The Morgan fingerprint density at radius 2 is 2.30 bits per heavy atom. The lowest BCUT2D eigenvalue weighted by atomic mass is 10.00. The molecule has 1 aromatic rings. The second-order valence-corrected chi connectivity index (χ2v) is 5.93. The van der Waals surface area contributed by atoms with E-state index in [1.165, 1.54) is 12.8 Å². The highest BCUT2D eigenvalue weighted by Gasteiger charge is 2.25. The highest BCUT2D eigenvalue weighted by molar-refractivity contribution is 9.10. The van der Waals surface area contributed by atoms with Crippen molar-refractivity contribution in [1.82, 2.24) is 9.97 Å². The summed E-state index contributed by atoms with van der Waals surface area (Å²) in [7, 11) is 0. The Morgan fingerprint density at radius 1 is 1.45 bits per heavy atom. The summed E-state index contributed by atoms with van der Waals surface area (Å²) in [6, 6.07) is 0.374. The van der Waals surface area contributed by atoms with Crippen molar-refractivity contribution in [3.8, 4) is 0 Å². The maximum atomic E-state index is 9.24. The third-order valence-corrected chi connectivity index (χ3v) is 4.41. The number of nitrogens with zero attached hydrogens (tertiary/aromatic N) is 3. The van der Waals surface area contributed by atoms with Gasteiger partial charge in [0.2, 0.25) is 0 Å². The number of rotatable bonds is 6. The van der Waals surface area contributed by atoms with Crippen molar-refractivity contribution in [2.75, 3.05) is 29.9 Å². The van der Waals surface area contributed by atoms with Gasteiger partial charge in [0.1, 0.15) is 22.4 Å². The van der Waals surface area contributed by atoms with Gasteiger partial charge in [0, 0.05) is 25.7 Å². The molecule has 1 unspecified atom stereocenters. The Hall–Kier alpha value is -0.880. The summed E-state index contributed by atoms with van der Waals surface area (Å²) in [5, 5.41) is 12.6. The molecule has 112 valence electrons. The van der Waals surface area contributed by atoms with Crippen molar-refractivity contribution >= 4 is 27.6 Å². The fourth-order valence-electron chi connectivity index (χ4n) is 2.66. The Labute approximate surface area is 128 Å². The lowest BCUT2D eigenvalue weighted by molar-refractivity contribution is 0.262. The summed E-state index contributed by atoms with van der Waals surface area (Å²) >= 11 is 3.63. The molecule has 1 aliphatic rings. The molecular formula is C14H23BrN4O. The predicted octanol–water partition coefficient (Wildman–Crippen LogP) is 2.80. The first-order valence-electron chi connectivity index (χ1n) is 7.39. The summed E-state index contributed by atoms with van der Waals surface area (Å²) in [6.45, 7) is 4.25. The second kappa shape index (κ2) is 7.78. The van der Waals surface area contributed by atoms with Crippen molar-refractivity contribution in [2.45, 2.75) is 45.1 Å². The minimum Gasteiger partial charge on any atom is -0.396 e. The molecule has 1 fully saturated rings. The number of nitrogens with one attached hydrogen (secondary N) is 1. The Morgan fingerprint density at radius 3 is 3.05 bits per heavy atom. The van der Waals surface area contributed by atoms with Crippen LogP contribution in [-0.4, -0.2) is 40.8 Å². The van der Waals surface area contributed by atoms with Gasteiger partial charge < -0.3 is 15.3 Å². The molecular weight excluding hydrogens is 320 g/mol. The molecule has 0 bridgehead atoms. The minimum absolute atomic E-state index is 0.227. The lowest BCUT2D eigenvalue weighted by Gasteiger charge is -2.37. The first kappa shape index (κ1) is 15.5. The summed E-state index contributed by atoms with van der Waals surface area (Å²) in [4.78, 5) is 11.1. The average Bonchev–Trinajstić information content (AvgIpc) is 2.47. The summed E-state index contributed by atoms with van der Waals surface area (Å²) in [5.41, 5.74) is 0. The highest BCUT2D eigenvalue weighted by Crippen LogP contribution is 2.33. The highest BCUT2D eigenvalue weighted by atomic mass is 79.9. The van der Waals surface area contributed by atoms with Crippen LogP contribution in [0.15, 0.2) is 10.8 Å². The van der Waals surface area contributed by atoms with Crippen LogP contribution in [-0.2, 0) is 0 Å². The van der Waals surface area contributed by atoms with E-state index in [4.69, 9.17) is 0 Å². The zero-order chi connectivity index (χ0) is 14.4. The van der Waals surface area contributed by atoms with Crippen LogP contribution in [0.1, 0.15) is 39.0 Å². The summed E-state index contributed by atoms with van der Waals surface area (Å²) in [6.07, 6.45) is 7.00. The zero-order valence-electron chi connectivity index (χ0n) is 12.0. The van der Waals surface area contributed by atoms with Gasteiger partial charge in [0.25, 0.3) is 0 Å². The number of aromatic nitrogens is 2. The SMILES string of the molecule is CCCNc1ncnc(N2CCCCC2CCO)c1Br. The van der Waals surface area contributed by atoms with Gasteiger partial charge in [0.15, 0.2) is 0 Å². The van der Waals surface area contributed by atoms with Crippen LogP contribution in [0.25, 0.3) is 0 Å². The van der Waals surface area contributed by atoms with E-state index in [1.807, 2.05) is 0 Å². The molecule has 1 aromatic heterocycles. The first-order chi connectivity index (χ1) is 9.77. The van der Waals surface area contributed by atoms with E-state index in [0.29, 0.717) is 6.04 Å². The number of hydrogen-bond acceptors (Lipinski definition) is 5. The molecule has 0 spiro atoms. The Kier molecular flexibility index (Phi) is 6.04. The predicted molar refractivity (Wildman–Crippen MR) is 85.2 cm³/mol. The number of aliphatic hydroxyl groups is 1. The van der Waals surface area contributed by atoms with Gasteiger partial charge in [-0.2, -0.15) is 0 Å². The van der Waals surface area contributed by atoms with Crippen molar-refractivity contribution in [1.29, 1.82) is 0 Å². The van der Waals surface area contributed by atoms with Crippen LogP contribution in [0.5, 0.6) is 0 Å². The molecule has 5 nitrogen and oxygen atoms in total. The lowest BCUT2D eigenvalue weighted by Crippen LogP contribution is -2.41. The fraction of sp³-hybridized carbons (Fsp3) is 0.714. The molecule has 0 saturated carbocycles. The van der Waals surface area contributed by atoms with Crippen LogP contribution in [0.3, 0.4) is 0 Å². The summed E-state index contributed by atoms with van der Waals surface area (Å²) in [5.74, 6) is 1.79. The molecule has 0 aromatic carbocycles. The van der Waals surface area contributed by atoms with Crippen molar-refractivity contribution < 1.29 is 5.11 Å². The monoisotopic (exact) mass is 342 g/mol. The van der Waals surface area contributed by atoms with Gasteiger partial charge in [0.05, 0.1) is 0 Å². The number of piperidine rings is 1. The van der Waals surface area contributed by atoms with Crippen LogP contribution in [0.4, 0.5) is 11.6 Å². The first-order valence-corrected chi connectivity index (χ1v) is 8.19. The van der Waals surface area contributed by atoms with E-state index < -0.39 is 0 Å². The molecule has 0 radical (unpaired) electrons. The molecule has 2 rings (SSSR count). The van der Waals surface area contributed by atoms with Crippen LogP contribution >= 0.6 is 15.9 Å². The quantitative estimate of drug-likeness (QED) is 0.832. The molecule has 1 atom stereocenters. The van der Waals surface area contributed by atoms with Crippen molar-refractivity contribution in [2.24, 2.45) is 0 Å². The van der Waals surface area contributed by atoms with Crippen molar-refractivity contribution in [3.63, 3.8) is 0 Å². The van der Waals surface area contributed by atoms with Gasteiger partial charge in [-0.05, 0) is 48.0 Å². The van der Waals surface area contributed by atoms with E-state index in [0.717, 1.165) is 48.5 Å². The standard InChI is InChI=1S/C14H23BrN4O/c1-2-7-16-13-12(15)14(18-10-17-13)19-8-4-3-5-11(19)6-9-20/h10-11,20H,2-9H2,1H3,(H,16,17,18). The van der Waals surface area contributed by atoms with Crippen LogP contribution in [0, 0.1) is 0 Å². The molecule has 1 saturated heterocycles. The number of anilines is 2. The molecule has 0 amide bonds.